The first-order valence-corrected chi connectivity index (χ1v) is 7.71. The first-order chi connectivity index (χ1) is 8.83. The Bertz CT molecular complexity index is 375. The Hall–Kier alpha value is -0.840. The van der Waals surface area contributed by atoms with Gasteiger partial charge in [0.2, 0.25) is 5.88 Å². The van der Waals surface area contributed by atoms with Gasteiger partial charge in [0.05, 0.1) is 19.0 Å². The first-order valence-electron chi connectivity index (χ1n) is 6.59. The molecule has 100 valence electrons. The molecule has 0 N–H and O–H groups in total. The fourth-order valence-electron chi connectivity index (χ4n) is 2.17. The van der Waals surface area contributed by atoms with Gasteiger partial charge in [-0.2, -0.15) is 4.98 Å². The number of piperidine rings is 1. The predicted molar refractivity (Wildman–Crippen MR) is 76.5 cm³/mol. The van der Waals surface area contributed by atoms with Crippen LogP contribution >= 0.6 is 15.9 Å². The van der Waals surface area contributed by atoms with Gasteiger partial charge in [-0.25, -0.2) is 0 Å². The van der Waals surface area contributed by atoms with Crippen LogP contribution < -0.4 is 9.64 Å². The van der Waals surface area contributed by atoms with E-state index < -0.39 is 0 Å². The minimum Gasteiger partial charge on any atom is -0.477 e. The van der Waals surface area contributed by atoms with Crippen LogP contribution in [0.5, 0.6) is 5.88 Å². The summed E-state index contributed by atoms with van der Waals surface area (Å²) in [7, 11) is 0. The Morgan fingerprint density at radius 2 is 2.39 bits per heavy atom. The topological polar surface area (TPSA) is 38.2 Å². The summed E-state index contributed by atoms with van der Waals surface area (Å²) >= 11 is 3.57. The number of alkyl halides is 1. The van der Waals surface area contributed by atoms with Gasteiger partial charge in [-0.1, -0.05) is 22.9 Å². The van der Waals surface area contributed by atoms with E-state index in [9.17, 15) is 0 Å². The zero-order valence-corrected chi connectivity index (χ0v) is 12.4. The second-order valence-electron chi connectivity index (χ2n) is 4.67. The molecule has 4 nitrogen and oxygen atoms in total. The van der Waals surface area contributed by atoms with Crippen molar-refractivity contribution >= 4 is 21.7 Å². The van der Waals surface area contributed by atoms with E-state index in [1.54, 1.807) is 6.20 Å². The van der Waals surface area contributed by atoms with E-state index in [0.29, 0.717) is 18.4 Å². The molecular formula is C13H20BrN3O. The second-order valence-corrected chi connectivity index (χ2v) is 5.32. The number of hydrogen-bond donors (Lipinski definition) is 0. The van der Waals surface area contributed by atoms with E-state index in [0.717, 1.165) is 30.7 Å². The molecular weight excluding hydrogens is 294 g/mol. The molecule has 1 aliphatic rings. The second kappa shape index (κ2) is 6.92. The molecule has 1 aromatic rings. The fraction of sp³-hybridized carbons (Fsp3) is 0.692. The largest absolute Gasteiger partial charge is 0.477 e. The summed E-state index contributed by atoms with van der Waals surface area (Å²) < 4.78 is 5.53. The number of halogens is 1. The lowest BCUT2D eigenvalue weighted by molar-refractivity contribution is 0.303. The quantitative estimate of drug-likeness (QED) is 0.783. The lowest BCUT2D eigenvalue weighted by Crippen LogP contribution is -2.36. The van der Waals surface area contributed by atoms with Gasteiger partial charge in [-0.05, 0) is 25.2 Å². The van der Waals surface area contributed by atoms with Crippen LogP contribution in [0, 0.1) is 5.92 Å². The standard InChI is InChI=1S/C13H20BrN3O/c1-2-6-18-13-9-15-8-12(16-13)17-5-3-4-11(7-14)10-17/h8-9,11H,2-7,10H2,1H3. The number of ether oxygens (including phenoxy) is 1. The molecule has 0 aliphatic carbocycles. The fourth-order valence-corrected chi connectivity index (χ4v) is 2.69. The Morgan fingerprint density at radius 3 is 3.17 bits per heavy atom. The summed E-state index contributed by atoms with van der Waals surface area (Å²) in [5.41, 5.74) is 0. The Balaban J connectivity index is 2.02. The van der Waals surface area contributed by atoms with Crippen LogP contribution in [-0.4, -0.2) is 35.0 Å². The van der Waals surface area contributed by atoms with Gasteiger partial charge >= 0.3 is 0 Å². The molecule has 1 fully saturated rings. The van der Waals surface area contributed by atoms with Gasteiger partial charge in [0.25, 0.3) is 0 Å². The highest BCUT2D eigenvalue weighted by Gasteiger charge is 2.20. The average Bonchev–Trinajstić information content (AvgIpc) is 2.45. The molecule has 5 heteroatoms. The Morgan fingerprint density at radius 1 is 1.50 bits per heavy atom. The number of nitrogens with zero attached hydrogens (tertiary/aromatic N) is 3. The van der Waals surface area contributed by atoms with Crippen molar-refractivity contribution in [1.29, 1.82) is 0 Å². The van der Waals surface area contributed by atoms with Crippen molar-refractivity contribution in [2.45, 2.75) is 26.2 Å². The molecule has 0 spiro atoms. The van der Waals surface area contributed by atoms with Crippen molar-refractivity contribution in [2.75, 3.05) is 29.9 Å². The lowest BCUT2D eigenvalue weighted by Gasteiger charge is -2.32. The third-order valence-electron chi connectivity index (χ3n) is 3.11. The highest BCUT2D eigenvalue weighted by atomic mass is 79.9. The molecule has 1 aliphatic heterocycles. The minimum absolute atomic E-state index is 0.635. The summed E-state index contributed by atoms with van der Waals surface area (Å²) in [4.78, 5) is 11.1. The van der Waals surface area contributed by atoms with Gasteiger partial charge in [0.15, 0.2) is 5.82 Å². The molecule has 0 bridgehead atoms. The predicted octanol–water partition coefficient (Wildman–Crippen LogP) is 2.88. The molecule has 1 saturated heterocycles. The van der Waals surface area contributed by atoms with Crippen molar-refractivity contribution in [3.8, 4) is 5.88 Å². The number of hydrogen-bond acceptors (Lipinski definition) is 4. The number of anilines is 1. The number of rotatable bonds is 5. The Kier molecular flexibility index (Phi) is 5.23. The average molecular weight is 314 g/mol. The SMILES string of the molecule is CCCOc1cncc(N2CCCC(CBr)C2)n1. The zero-order valence-electron chi connectivity index (χ0n) is 10.8. The van der Waals surface area contributed by atoms with Crippen LogP contribution in [0.3, 0.4) is 0 Å². The lowest BCUT2D eigenvalue weighted by atomic mass is 10.0. The molecule has 2 heterocycles. The van der Waals surface area contributed by atoms with Crippen LogP contribution in [0.15, 0.2) is 12.4 Å². The maximum atomic E-state index is 5.53. The molecule has 0 aromatic carbocycles. The van der Waals surface area contributed by atoms with E-state index in [-0.39, 0.29) is 0 Å². The van der Waals surface area contributed by atoms with Crippen LogP contribution in [0.1, 0.15) is 26.2 Å². The van der Waals surface area contributed by atoms with Crippen molar-refractivity contribution < 1.29 is 4.74 Å². The van der Waals surface area contributed by atoms with Crippen molar-refractivity contribution in [3.63, 3.8) is 0 Å². The highest BCUT2D eigenvalue weighted by Crippen LogP contribution is 2.23. The summed E-state index contributed by atoms with van der Waals surface area (Å²) in [5.74, 6) is 2.28. The summed E-state index contributed by atoms with van der Waals surface area (Å²) in [6, 6.07) is 0. The van der Waals surface area contributed by atoms with Crippen molar-refractivity contribution in [2.24, 2.45) is 5.92 Å². The van der Waals surface area contributed by atoms with E-state index in [1.165, 1.54) is 12.8 Å². The molecule has 1 atom stereocenters. The molecule has 0 amide bonds. The summed E-state index contributed by atoms with van der Waals surface area (Å²) in [6.07, 6.45) is 7.01. The van der Waals surface area contributed by atoms with Crippen LogP contribution in [0.4, 0.5) is 5.82 Å². The van der Waals surface area contributed by atoms with Gasteiger partial charge in [-0.15, -0.1) is 0 Å². The first kappa shape index (κ1) is 13.6. The van der Waals surface area contributed by atoms with Crippen LogP contribution in [-0.2, 0) is 0 Å². The molecule has 1 aromatic heterocycles. The van der Waals surface area contributed by atoms with Crippen LogP contribution in [0.2, 0.25) is 0 Å². The van der Waals surface area contributed by atoms with E-state index in [2.05, 4.69) is 37.7 Å². The van der Waals surface area contributed by atoms with Gasteiger partial charge < -0.3 is 9.64 Å². The van der Waals surface area contributed by atoms with Gasteiger partial charge in [-0.3, -0.25) is 4.98 Å². The Labute approximate surface area is 117 Å². The maximum absolute atomic E-state index is 5.53. The normalized spacial score (nSPS) is 19.9. The van der Waals surface area contributed by atoms with E-state index >= 15 is 0 Å². The minimum atomic E-state index is 0.635. The van der Waals surface area contributed by atoms with Crippen molar-refractivity contribution in [1.82, 2.24) is 9.97 Å². The van der Waals surface area contributed by atoms with Gasteiger partial charge in [0, 0.05) is 18.4 Å². The van der Waals surface area contributed by atoms with E-state index in [1.807, 2.05) is 6.20 Å². The summed E-state index contributed by atoms with van der Waals surface area (Å²) in [5, 5.41) is 1.06. The smallest absolute Gasteiger partial charge is 0.234 e. The van der Waals surface area contributed by atoms with Crippen LogP contribution in [0.25, 0.3) is 0 Å². The molecule has 0 saturated carbocycles. The molecule has 2 rings (SSSR count). The monoisotopic (exact) mass is 313 g/mol. The van der Waals surface area contributed by atoms with Crippen molar-refractivity contribution in [3.05, 3.63) is 12.4 Å². The summed E-state index contributed by atoms with van der Waals surface area (Å²) in [6.45, 7) is 4.90. The van der Waals surface area contributed by atoms with E-state index in [4.69, 9.17) is 4.74 Å². The maximum Gasteiger partial charge on any atom is 0.234 e. The number of aromatic nitrogens is 2. The molecule has 18 heavy (non-hydrogen) atoms. The van der Waals surface area contributed by atoms with Gasteiger partial charge in [0.1, 0.15) is 0 Å². The third-order valence-corrected chi connectivity index (χ3v) is 4.03. The molecule has 0 radical (unpaired) electrons. The third kappa shape index (κ3) is 3.57. The molecule has 1 unspecified atom stereocenters. The zero-order chi connectivity index (χ0) is 12.8. The highest BCUT2D eigenvalue weighted by molar-refractivity contribution is 9.09.